The molecule has 19 heavy (non-hydrogen) atoms. The summed E-state index contributed by atoms with van der Waals surface area (Å²) in [4.78, 5) is 5.53. The number of rotatable bonds is 2. The van der Waals surface area contributed by atoms with Gasteiger partial charge in [-0.3, -0.25) is 0 Å². The maximum atomic E-state index is 5.83. The Labute approximate surface area is 115 Å². The van der Waals surface area contributed by atoms with E-state index < -0.39 is 0 Å². The van der Waals surface area contributed by atoms with Crippen molar-refractivity contribution in [3.63, 3.8) is 0 Å². The normalized spacial score (nSPS) is 13.1. The van der Waals surface area contributed by atoms with Crippen LogP contribution in [0, 0.1) is 13.8 Å². The fraction of sp³-hybridized carbons (Fsp3) is 0.286. The summed E-state index contributed by atoms with van der Waals surface area (Å²) < 4.78 is 1.82. The number of nitrogens with two attached hydrogens (primary N) is 1. The third kappa shape index (κ3) is 2.15. The van der Waals surface area contributed by atoms with Crippen molar-refractivity contribution in [2.45, 2.75) is 26.8 Å². The number of hydrogen-bond donors (Lipinski definition) is 1. The Kier molecular flexibility index (Phi) is 2.88. The summed E-state index contributed by atoms with van der Waals surface area (Å²) in [6, 6.07) is 6.35. The summed E-state index contributed by atoms with van der Waals surface area (Å²) in [5, 5.41) is 5.37. The molecule has 4 nitrogen and oxygen atoms in total. The van der Waals surface area contributed by atoms with Gasteiger partial charge in [-0.15, -0.1) is 0 Å². The van der Waals surface area contributed by atoms with Crippen LogP contribution in [-0.2, 0) is 0 Å². The van der Waals surface area contributed by atoms with Crippen molar-refractivity contribution in [3.8, 4) is 11.3 Å². The van der Waals surface area contributed by atoms with Crippen molar-refractivity contribution in [3.05, 3.63) is 40.5 Å². The minimum absolute atomic E-state index is 0.0451. The number of aromatic nitrogens is 3. The zero-order chi connectivity index (χ0) is 13.6. The van der Waals surface area contributed by atoms with E-state index in [0.29, 0.717) is 0 Å². The van der Waals surface area contributed by atoms with E-state index in [2.05, 4.69) is 42.1 Å². The van der Waals surface area contributed by atoms with Crippen molar-refractivity contribution in [1.82, 2.24) is 14.6 Å². The Morgan fingerprint density at radius 3 is 2.74 bits per heavy atom. The highest BCUT2D eigenvalue weighted by atomic mass is 32.1. The molecule has 0 bridgehead atoms. The van der Waals surface area contributed by atoms with Crippen molar-refractivity contribution < 1.29 is 0 Å². The first-order valence-electron chi connectivity index (χ1n) is 6.24. The molecule has 1 aromatic carbocycles. The van der Waals surface area contributed by atoms with Crippen LogP contribution >= 0.6 is 11.3 Å². The second-order valence-electron chi connectivity index (χ2n) is 4.90. The van der Waals surface area contributed by atoms with Crippen LogP contribution in [0.1, 0.15) is 29.1 Å². The summed E-state index contributed by atoms with van der Waals surface area (Å²) in [5.41, 5.74) is 10.5. The van der Waals surface area contributed by atoms with Crippen molar-refractivity contribution >= 4 is 16.3 Å². The second-order valence-corrected chi connectivity index (χ2v) is 5.89. The van der Waals surface area contributed by atoms with Gasteiger partial charge in [-0.05, 0) is 26.3 Å². The van der Waals surface area contributed by atoms with Gasteiger partial charge in [0.25, 0.3) is 0 Å². The van der Waals surface area contributed by atoms with Gasteiger partial charge in [0.05, 0.1) is 17.9 Å². The van der Waals surface area contributed by atoms with Crippen LogP contribution in [0.15, 0.2) is 24.4 Å². The summed E-state index contributed by atoms with van der Waals surface area (Å²) in [7, 11) is 0. The number of fused-ring (bicyclic) bond motifs is 1. The molecular weight excluding hydrogens is 256 g/mol. The molecule has 0 aliphatic carbocycles. The first-order chi connectivity index (χ1) is 9.04. The highest BCUT2D eigenvalue weighted by molar-refractivity contribution is 7.16. The van der Waals surface area contributed by atoms with Gasteiger partial charge in [-0.2, -0.15) is 5.10 Å². The van der Waals surface area contributed by atoms with E-state index in [-0.39, 0.29) is 6.04 Å². The minimum Gasteiger partial charge on any atom is -0.322 e. The predicted molar refractivity (Wildman–Crippen MR) is 78.4 cm³/mol. The van der Waals surface area contributed by atoms with E-state index in [0.717, 1.165) is 21.2 Å². The maximum absolute atomic E-state index is 5.83. The molecule has 0 fully saturated rings. The molecule has 0 amide bonds. The Morgan fingerprint density at radius 2 is 2.11 bits per heavy atom. The third-order valence-corrected chi connectivity index (χ3v) is 4.23. The third-order valence-electron chi connectivity index (χ3n) is 3.11. The Morgan fingerprint density at radius 1 is 1.32 bits per heavy atom. The predicted octanol–water partition coefficient (Wildman–Crippen LogP) is 3.09. The van der Waals surface area contributed by atoms with Gasteiger partial charge < -0.3 is 5.73 Å². The fourth-order valence-electron chi connectivity index (χ4n) is 2.13. The number of hydrogen-bond acceptors (Lipinski definition) is 4. The van der Waals surface area contributed by atoms with Crippen LogP contribution < -0.4 is 5.73 Å². The molecular formula is C14H16N4S. The van der Waals surface area contributed by atoms with Crippen LogP contribution in [-0.4, -0.2) is 14.6 Å². The van der Waals surface area contributed by atoms with Gasteiger partial charge in [-0.1, -0.05) is 35.1 Å². The molecule has 0 aliphatic heterocycles. The highest BCUT2D eigenvalue weighted by Gasteiger charge is 2.12. The van der Waals surface area contributed by atoms with E-state index in [1.165, 1.54) is 11.1 Å². The molecule has 0 radical (unpaired) electrons. The molecule has 1 atom stereocenters. The van der Waals surface area contributed by atoms with Crippen LogP contribution in [0.2, 0.25) is 0 Å². The lowest BCUT2D eigenvalue weighted by Gasteiger charge is -2.03. The summed E-state index contributed by atoms with van der Waals surface area (Å²) in [5.74, 6) is 0. The summed E-state index contributed by atoms with van der Waals surface area (Å²) >= 11 is 1.55. The van der Waals surface area contributed by atoms with E-state index in [1.807, 2.05) is 17.6 Å². The van der Waals surface area contributed by atoms with Gasteiger partial charge in [0.2, 0.25) is 4.96 Å². The summed E-state index contributed by atoms with van der Waals surface area (Å²) in [6.07, 6.45) is 1.97. The van der Waals surface area contributed by atoms with E-state index in [1.54, 1.807) is 11.3 Å². The standard InChI is InChI=1S/C14H16N4S/c1-8-4-5-11(9(2)6-8)12-7-18-14(16-12)19-13(17-18)10(3)15/h4-7,10H,15H2,1-3H3. The molecule has 0 aliphatic rings. The van der Waals surface area contributed by atoms with Gasteiger partial charge in [0, 0.05) is 5.56 Å². The molecule has 98 valence electrons. The monoisotopic (exact) mass is 272 g/mol. The Hall–Kier alpha value is -1.72. The zero-order valence-electron chi connectivity index (χ0n) is 11.2. The molecule has 2 aromatic heterocycles. The zero-order valence-corrected chi connectivity index (χ0v) is 12.0. The van der Waals surface area contributed by atoms with Crippen LogP contribution in [0.3, 0.4) is 0 Å². The average Bonchev–Trinajstić information content (AvgIpc) is 2.86. The SMILES string of the molecule is Cc1ccc(-c2cn3nc(C(C)N)sc3n2)c(C)c1. The lowest BCUT2D eigenvalue weighted by molar-refractivity contribution is 0.769. The number of nitrogens with zero attached hydrogens (tertiary/aromatic N) is 3. The van der Waals surface area contributed by atoms with Crippen LogP contribution in [0.5, 0.6) is 0 Å². The van der Waals surface area contributed by atoms with Crippen molar-refractivity contribution in [2.75, 3.05) is 0 Å². The lowest BCUT2D eigenvalue weighted by atomic mass is 10.0. The first kappa shape index (κ1) is 12.3. The molecule has 1 unspecified atom stereocenters. The van der Waals surface area contributed by atoms with Crippen LogP contribution in [0.4, 0.5) is 0 Å². The number of aryl methyl sites for hydroxylation is 2. The summed E-state index contributed by atoms with van der Waals surface area (Å²) in [6.45, 7) is 6.14. The number of imidazole rings is 1. The van der Waals surface area contributed by atoms with Crippen molar-refractivity contribution in [1.29, 1.82) is 0 Å². The molecule has 2 N–H and O–H groups in total. The molecule has 3 aromatic rings. The second kappa shape index (κ2) is 4.43. The Balaban J connectivity index is 2.08. The highest BCUT2D eigenvalue weighted by Crippen LogP contribution is 2.26. The average molecular weight is 272 g/mol. The van der Waals surface area contributed by atoms with Gasteiger partial charge in [-0.25, -0.2) is 9.50 Å². The molecule has 0 spiro atoms. The molecule has 5 heteroatoms. The number of benzene rings is 1. The van der Waals surface area contributed by atoms with E-state index >= 15 is 0 Å². The van der Waals surface area contributed by atoms with Crippen molar-refractivity contribution in [2.24, 2.45) is 5.73 Å². The smallest absolute Gasteiger partial charge is 0.212 e. The quantitative estimate of drug-likeness (QED) is 0.780. The first-order valence-corrected chi connectivity index (χ1v) is 7.05. The van der Waals surface area contributed by atoms with Gasteiger partial charge in [0.15, 0.2) is 0 Å². The largest absolute Gasteiger partial charge is 0.322 e. The molecule has 0 saturated heterocycles. The fourth-order valence-corrected chi connectivity index (χ4v) is 2.96. The van der Waals surface area contributed by atoms with Gasteiger partial charge in [0.1, 0.15) is 5.01 Å². The van der Waals surface area contributed by atoms with E-state index in [4.69, 9.17) is 5.73 Å². The molecule has 2 heterocycles. The Bertz CT molecular complexity index is 708. The lowest BCUT2D eigenvalue weighted by Crippen LogP contribution is -2.04. The van der Waals surface area contributed by atoms with Gasteiger partial charge >= 0.3 is 0 Å². The van der Waals surface area contributed by atoms with Crippen LogP contribution in [0.25, 0.3) is 16.2 Å². The molecule has 3 rings (SSSR count). The molecule has 0 saturated carbocycles. The van der Waals surface area contributed by atoms with E-state index in [9.17, 15) is 0 Å². The minimum atomic E-state index is -0.0451. The topological polar surface area (TPSA) is 56.2 Å². The maximum Gasteiger partial charge on any atom is 0.212 e.